The molecule has 0 spiro atoms. The van der Waals surface area contributed by atoms with Crippen LogP contribution in [-0.4, -0.2) is 19.0 Å². The number of amides is 1. The number of carbonyl (C=O) groups excluding carboxylic acids is 1. The minimum absolute atomic E-state index is 0.00275. The molecule has 0 fully saturated rings. The smallest absolute Gasteiger partial charge is 0.233 e. The van der Waals surface area contributed by atoms with Crippen molar-refractivity contribution in [3.8, 4) is 0 Å². The maximum absolute atomic E-state index is 12.0. The Morgan fingerprint density at radius 1 is 1.04 bits per heavy atom. The molecule has 0 atom stereocenters. The largest absolute Gasteiger partial charge is 0.355 e. The van der Waals surface area contributed by atoms with E-state index in [4.69, 9.17) is 11.6 Å². The summed E-state index contributed by atoms with van der Waals surface area (Å²) in [5.41, 5.74) is 2.03. The zero-order valence-electron chi connectivity index (χ0n) is 13.6. The van der Waals surface area contributed by atoms with Gasteiger partial charge in [0.2, 0.25) is 5.91 Å². The van der Waals surface area contributed by atoms with Crippen molar-refractivity contribution >= 4 is 17.5 Å². The van der Waals surface area contributed by atoms with Gasteiger partial charge in [-0.1, -0.05) is 54.1 Å². The van der Waals surface area contributed by atoms with E-state index >= 15 is 0 Å². The molecular weight excluding hydrogens is 308 g/mol. The van der Waals surface area contributed by atoms with Gasteiger partial charge in [-0.3, -0.25) is 10.1 Å². The van der Waals surface area contributed by atoms with Crippen molar-refractivity contribution < 1.29 is 4.79 Å². The summed E-state index contributed by atoms with van der Waals surface area (Å²) < 4.78 is 0. The van der Waals surface area contributed by atoms with E-state index < -0.39 is 0 Å². The number of halogens is 1. The zero-order chi connectivity index (χ0) is 16.7. The highest BCUT2D eigenvalue weighted by molar-refractivity contribution is 6.30. The Balaban J connectivity index is 1.76. The molecule has 0 aliphatic rings. The van der Waals surface area contributed by atoms with E-state index in [9.17, 15) is 4.79 Å². The molecule has 23 heavy (non-hydrogen) atoms. The lowest BCUT2D eigenvalue weighted by Gasteiger charge is -2.27. The van der Waals surface area contributed by atoms with Gasteiger partial charge >= 0.3 is 0 Å². The third-order valence-corrected chi connectivity index (χ3v) is 4.09. The number of hydrogen-bond acceptors (Lipinski definition) is 2. The summed E-state index contributed by atoms with van der Waals surface area (Å²) in [6.45, 7) is 5.03. The fourth-order valence-corrected chi connectivity index (χ4v) is 2.45. The number of benzene rings is 2. The lowest BCUT2D eigenvalue weighted by atomic mass is 9.94. The SMILES string of the molecule is CC(C)(NCC(=O)NCCc1ccccc1)c1ccc(Cl)cc1. The highest BCUT2D eigenvalue weighted by Gasteiger charge is 2.20. The Labute approximate surface area is 143 Å². The normalized spacial score (nSPS) is 11.3. The number of nitrogens with one attached hydrogen (secondary N) is 2. The van der Waals surface area contributed by atoms with Crippen LogP contribution in [0, 0.1) is 0 Å². The molecule has 0 aromatic heterocycles. The summed E-state index contributed by atoms with van der Waals surface area (Å²) in [6, 6.07) is 17.8. The van der Waals surface area contributed by atoms with Crippen LogP contribution < -0.4 is 10.6 Å². The number of carbonyl (C=O) groups is 1. The molecule has 0 heterocycles. The molecule has 4 heteroatoms. The standard InChI is InChI=1S/C19H23ClN2O/c1-19(2,16-8-10-17(20)11-9-16)22-14-18(23)21-13-12-15-6-4-3-5-7-15/h3-11,22H,12-14H2,1-2H3,(H,21,23). The van der Waals surface area contributed by atoms with Crippen LogP contribution in [0.25, 0.3) is 0 Å². The molecule has 122 valence electrons. The van der Waals surface area contributed by atoms with E-state index in [0.717, 1.165) is 12.0 Å². The second kappa shape index (κ2) is 8.14. The quantitative estimate of drug-likeness (QED) is 0.815. The zero-order valence-corrected chi connectivity index (χ0v) is 14.4. The van der Waals surface area contributed by atoms with E-state index in [1.165, 1.54) is 5.56 Å². The van der Waals surface area contributed by atoms with Gasteiger partial charge in [0.15, 0.2) is 0 Å². The first-order valence-corrected chi connectivity index (χ1v) is 8.17. The van der Waals surface area contributed by atoms with Crippen molar-refractivity contribution in [3.05, 3.63) is 70.7 Å². The van der Waals surface area contributed by atoms with Crippen LogP contribution in [0.3, 0.4) is 0 Å². The van der Waals surface area contributed by atoms with E-state index in [0.29, 0.717) is 11.6 Å². The third-order valence-electron chi connectivity index (χ3n) is 3.84. The van der Waals surface area contributed by atoms with Crippen LogP contribution in [0.4, 0.5) is 0 Å². The molecule has 1 amide bonds. The summed E-state index contributed by atoms with van der Waals surface area (Å²) >= 11 is 5.91. The Morgan fingerprint density at radius 2 is 1.70 bits per heavy atom. The van der Waals surface area contributed by atoms with Crippen molar-refractivity contribution in [1.29, 1.82) is 0 Å². The van der Waals surface area contributed by atoms with E-state index in [2.05, 4.69) is 22.8 Å². The van der Waals surface area contributed by atoms with Crippen molar-refractivity contribution in [1.82, 2.24) is 10.6 Å². The molecular formula is C19H23ClN2O. The molecule has 0 bridgehead atoms. The second-order valence-electron chi connectivity index (χ2n) is 6.07. The van der Waals surface area contributed by atoms with Crippen molar-refractivity contribution in [3.63, 3.8) is 0 Å². The van der Waals surface area contributed by atoms with Crippen LogP contribution in [0.1, 0.15) is 25.0 Å². The van der Waals surface area contributed by atoms with Gasteiger partial charge in [0.05, 0.1) is 6.54 Å². The highest BCUT2D eigenvalue weighted by Crippen LogP contribution is 2.21. The van der Waals surface area contributed by atoms with Crippen LogP contribution >= 0.6 is 11.6 Å². The summed E-state index contributed by atoms with van der Waals surface area (Å²) in [4.78, 5) is 12.0. The summed E-state index contributed by atoms with van der Waals surface area (Å²) in [7, 11) is 0. The van der Waals surface area contributed by atoms with Crippen LogP contribution in [0.15, 0.2) is 54.6 Å². The number of rotatable bonds is 7. The maximum atomic E-state index is 12.0. The molecule has 3 nitrogen and oxygen atoms in total. The van der Waals surface area contributed by atoms with Crippen molar-refractivity contribution in [2.45, 2.75) is 25.8 Å². The fraction of sp³-hybridized carbons (Fsp3) is 0.316. The lowest BCUT2D eigenvalue weighted by Crippen LogP contribution is -2.43. The first kappa shape index (κ1) is 17.5. The van der Waals surface area contributed by atoms with Gasteiger partial charge in [0.25, 0.3) is 0 Å². The second-order valence-corrected chi connectivity index (χ2v) is 6.51. The first-order chi connectivity index (χ1) is 11.0. The molecule has 0 unspecified atom stereocenters. The highest BCUT2D eigenvalue weighted by atomic mass is 35.5. The van der Waals surface area contributed by atoms with E-state index in [-0.39, 0.29) is 18.0 Å². The molecule has 2 aromatic rings. The minimum Gasteiger partial charge on any atom is -0.355 e. The molecule has 0 aliphatic carbocycles. The van der Waals surface area contributed by atoms with Gasteiger partial charge in [0, 0.05) is 17.1 Å². The Hall–Kier alpha value is -1.84. The Kier molecular flexibility index (Phi) is 6.20. The third kappa shape index (κ3) is 5.70. The van der Waals surface area contributed by atoms with Gasteiger partial charge < -0.3 is 5.32 Å². The molecule has 2 N–H and O–H groups in total. The van der Waals surface area contributed by atoms with Crippen LogP contribution in [-0.2, 0) is 16.8 Å². The molecule has 2 rings (SSSR count). The summed E-state index contributed by atoms with van der Waals surface area (Å²) in [6.07, 6.45) is 0.840. The summed E-state index contributed by atoms with van der Waals surface area (Å²) in [5.74, 6) is 0.00275. The number of hydrogen-bond donors (Lipinski definition) is 2. The van der Waals surface area contributed by atoms with E-state index in [1.807, 2.05) is 56.3 Å². The fourth-order valence-electron chi connectivity index (χ4n) is 2.32. The first-order valence-electron chi connectivity index (χ1n) is 7.79. The lowest BCUT2D eigenvalue weighted by molar-refractivity contribution is -0.120. The summed E-state index contributed by atoms with van der Waals surface area (Å²) in [5, 5.41) is 6.94. The molecule has 0 saturated carbocycles. The topological polar surface area (TPSA) is 41.1 Å². The van der Waals surface area contributed by atoms with Crippen LogP contribution in [0.2, 0.25) is 5.02 Å². The van der Waals surface area contributed by atoms with E-state index in [1.54, 1.807) is 0 Å². The maximum Gasteiger partial charge on any atom is 0.233 e. The van der Waals surface area contributed by atoms with Crippen molar-refractivity contribution in [2.75, 3.05) is 13.1 Å². The predicted molar refractivity (Wildman–Crippen MR) is 95.6 cm³/mol. The van der Waals surface area contributed by atoms with Crippen molar-refractivity contribution in [2.24, 2.45) is 0 Å². The van der Waals surface area contributed by atoms with Gasteiger partial charge in [-0.25, -0.2) is 0 Å². The minimum atomic E-state index is -0.290. The monoisotopic (exact) mass is 330 g/mol. The average Bonchev–Trinajstić information content (AvgIpc) is 2.54. The van der Waals surface area contributed by atoms with Gasteiger partial charge in [-0.05, 0) is 43.5 Å². The van der Waals surface area contributed by atoms with Gasteiger partial charge in [-0.2, -0.15) is 0 Å². The Bertz CT molecular complexity index is 624. The molecule has 0 saturated heterocycles. The van der Waals surface area contributed by atoms with Gasteiger partial charge in [-0.15, -0.1) is 0 Å². The Morgan fingerprint density at radius 3 is 2.35 bits per heavy atom. The van der Waals surface area contributed by atoms with Gasteiger partial charge in [0.1, 0.15) is 0 Å². The molecule has 2 aromatic carbocycles. The average molecular weight is 331 g/mol. The predicted octanol–water partition coefficient (Wildman–Crippen LogP) is 3.52. The molecule has 0 aliphatic heterocycles. The molecule has 0 radical (unpaired) electrons. The van der Waals surface area contributed by atoms with Crippen LogP contribution in [0.5, 0.6) is 0 Å².